The molecule has 1 aromatic rings. The Kier molecular flexibility index (Phi) is 3.35. The second kappa shape index (κ2) is 4.68. The SMILES string of the molecule is CC(=O)N(C1CC1)C(C)(C(=O)O)c1ccc(C)cc1. The number of hydrogen-bond acceptors (Lipinski definition) is 2. The first-order valence-corrected chi connectivity index (χ1v) is 6.48. The summed E-state index contributed by atoms with van der Waals surface area (Å²) < 4.78 is 0. The summed E-state index contributed by atoms with van der Waals surface area (Å²) in [6, 6.07) is 7.40. The minimum atomic E-state index is -1.29. The second-order valence-electron chi connectivity index (χ2n) is 5.36. The number of benzene rings is 1. The molecule has 19 heavy (non-hydrogen) atoms. The van der Waals surface area contributed by atoms with E-state index in [4.69, 9.17) is 0 Å². The molecule has 0 aliphatic heterocycles. The summed E-state index contributed by atoms with van der Waals surface area (Å²) in [5.74, 6) is -1.17. The molecule has 0 heterocycles. The van der Waals surface area contributed by atoms with Gasteiger partial charge in [0.2, 0.25) is 5.91 Å². The molecule has 4 heteroatoms. The molecule has 0 aromatic heterocycles. The Morgan fingerprint density at radius 2 is 1.79 bits per heavy atom. The average molecular weight is 261 g/mol. The number of carboxylic acid groups (broad SMARTS) is 1. The summed E-state index contributed by atoms with van der Waals surface area (Å²) in [6.45, 7) is 5.00. The van der Waals surface area contributed by atoms with Crippen molar-refractivity contribution in [1.29, 1.82) is 0 Å². The van der Waals surface area contributed by atoms with Gasteiger partial charge in [0.25, 0.3) is 0 Å². The fourth-order valence-corrected chi connectivity index (χ4v) is 2.51. The molecule has 2 rings (SSSR count). The smallest absolute Gasteiger partial charge is 0.334 e. The lowest BCUT2D eigenvalue weighted by atomic mass is 9.89. The maximum Gasteiger partial charge on any atom is 0.334 e. The highest BCUT2D eigenvalue weighted by Gasteiger charge is 2.49. The van der Waals surface area contributed by atoms with E-state index in [0.717, 1.165) is 18.4 Å². The first kappa shape index (κ1) is 13.6. The topological polar surface area (TPSA) is 57.6 Å². The third kappa shape index (κ3) is 2.35. The van der Waals surface area contributed by atoms with Gasteiger partial charge in [0, 0.05) is 13.0 Å². The van der Waals surface area contributed by atoms with Crippen LogP contribution in [0.25, 0.3) is 0 Å². The maximum atomic E-state index is 11.9. The third-order valence-electron chi connectivity index (χ3n) is 3.76. The Balaban J connectivity index is 2.49. The highest BCUT2D eigenvalue weighted by Crippen LogP contribution is 2.38. The van der Waals surface area contributed by atoms with Crippen LogP contribution in [0.3, 0.4) is 0 Å². The minimum Gasteiger partial charge on any atom is -0.479 e. The van der Waals surface area contributed by atoms with Crippen molar-refractivity contribution in [2.45, 2.75) is 45.2 Å². The zero-order valence-corrected chi connectivity index (χ0v) is 11.5. The van der Waals surface area contributed by atoms with Crippen LogP contribution >= 0.6 is 0 Å². The normalized spacial score (nSPS) is 17.6. The lowest BCUT2D eigenvalue weighted by Gasteiger charge is -2.38. The maximum absolute atomic E-state index is 11.9. The van der Waals surface area contributed by atoms with Crippen molar-refractivity contribution in [3.05, 3.63) is 35.4 Å². The van der Waals surface area contributed by atoms with Crippen molar-refractivity contribution in [2.24, 2.45) is 0 Å². The second-order valence-corrected chi connectivity index (χ2v) is 5.36. The van der Waals surface area contributed by atoms with E-state index in [1.807, 2.05) is 19.1 Å². The Morgan fingerprint density at radius 3 is 2.16 bits per heavy atom. The first-order valence-electron chi connectivity index (χ1n) is 6.48. The van der Waals surface area contributed by atoms with Gasteiger partial charge in [-0.3, -0.25) is 4.79 Å². The number of rotatable bonds is 4. The van der Waals surface area contributed by atoms with Gasteiger partial charge in [0.1, 0.15) is 0 Å². The van der Waals surface area contributed by atoms with Gasteiger partial charge in [-0.25, -0.2) is 4.79 Å². The molecule has 1 amide bonds. The van der Waals surface area contributed by atoms with E-state index in [-0.39, 0.29) is 11.9 Å². The fraction of sp³-hybridized carbons (Fsp3) is 0.467. The van der Waals surface area contributed by atoms with Gasteiger partial charge in [-0.2, -0.15) is 0 Å². The number of hydrogen-bond donors (Lipinski definition) is 1. The molecule has 4 nitrogen and oxygen atoms in total. The van der Waals surface area contributed by atoms with Gasteiger partial charge in [-0.15, -0.1) is 0 Å². The molecular formula is C15H19NO3. The molecule has 1 aliphatic rings. The van der Waals surface area contributed by atoms with Crippen LogP contribution in [0, 0.1) is 6.92 Å². The summed E-state index contributed by atoms with van der Waals surface area (Å²) in [6.07, 6.45) is 1.77. The Bertz CT molecular complexity index is 505. The fourth-order valence-electron chi connectivity index (χ4n) is 2.51. The van der Waals surface area contributed by atoms with E-state index >= 15 is 0 Å². The summed E-state index contributed by atoms with van der Waals surface area (Å²) in [5, 5.41) is 9.66. The van der Waals surface area contributed by atoms with Gasteiger partial charge < -0.3 is 10.0 Å². The molecule has 1 fully saturated rings. The van der Waals surface area contributed by atoms with Crippen molar-refractivity contribution < 1.29 is 14.7 Å². The minimum absolute atomic E-state index is 0.0555. The monoisotopic (exact) mass is 261 g/mol. The van der Waals surface area contributed by atoms with E-state index in [0.29, 0.717) is 5.56 Å². The quantitative estimate of drug-likeness (QED) is 0.904. The van der Waals surface area contributed by atoms with Crippen molar-refractivity contribution in [3.8, 4) is 0 Å². The predicted octanol–water partition coefficient (Wildman–Crippen LogP) is 2.31. The molecule has 1 aromatic carbocycles. The molecule has 0 spiro atoms. The highest BCUT2D eigenvalue weighted by molar-refractivity contribution is 5.87. The molecule has 0 bridgehead atoms. The van der Waals surface area contributed by atoms with Gasteiger partial charge in [0.15, 0.2) is 5.54 Å². The molecule has 102 valence electrons. The summed E-state index contributed by atoms with van der Waals surface area (Å²) >= 11 is 0. The van der Waals surface area contributed by atoms with E-state index in [9.17, 15) is 14.7 Å². The molecule has 1 atom stereocenters. The number of carbonyl (C=O) groups excluding carboxylic acids is 1. The molecule has 1 saturated carbocycles. The number of amides is 1. The molecule has 1 aliphatic carbocycles. The molecular weight excluding hydrogens is 242 g/mol. The number of aryl methyl sites for hydroxylation is 1. The molecule has 1 N–H and O–H groups in total. The van der Waals surface area contributed by atoms with Crippen LogP contribution in [0.5, 0.6) is 0 Å². The Hall–Kier alpha value is -1.84. The van der Waals surface area contributed by atoms with Crippen molar-refractivity contribution in [1.82, 2.24) is 4.90 Å². The zero-order valence-electron chi connectivity index (χ0n) is 11.5. The average Bonchev–Trinajstić information content (AvgIpc) is 3.13. The van der Waals surface area contributed by atoms with E-state index in [2.05, 4.69) is 0 Å². The number of nitrogens with zero attached hydrogens (tertiary/aromatic N) is 1. The van der Waals surface area contributed by atoms with Crippen LogP contribution in [0.1, 0.15) is 37.8 Å². The van der Waals surface area contributed by atoms with Crippen LogP contribution in [0.2, 0.25) is 0 Å². The summed E-state index contributed by atoms with van der Waals surface area (Å²) in [4.78, 5) is 25.2. The van der Waals surface area contributed by atoms with E-state index in [1.54, 1.807) is 19.1 Å². The van der Waals surface area contributed by atoms with Crippen molar-refractivity contribution >= 4 is 11.9 Å². The number of carbonyl (C=O) groups is 2. The third-order valence-corrected chi connectivity index (χ3v) is 3.76. The van der Waals surface area contributed by atoms with Gasteiger partial charge in [-0.1, -0.05) is 29.8 Å². The van der Waals surface area contributed by atoms with Crippen LogP contribution in [0.4, 0.5) is 0 Å². The van der Waals surface area contributed by atoms with Gasteiger partial charge in [0.05, 0.1) is 0 Å². The standard InChI is InChI=1S/C15H19NO3/c1-10-4-6-12(7-5-10)15(3,14(18)19)16(11(2)17)13-8-9-13/h4-7,13H,8-9H2,1-3H3,(H,18,19). The summed E-state index contributed by atoms with van der Waals surface area (Å²) in [5.41, 5.74) is 0.422. The summed E-state index contributed by atoms with van der Waals surface area (Å²) in [7, 11) is 0. The lowest BCUT2D eigenvalue weighted by Crippen LogP contribution is -2.53. The Morgan fingerprint density at radius 1 is 1.26 bits per heavy atom. The van der Waals surface area contributed by atoms with Crippen LogP contribution in [0.15, 0.2) is 24.3 Å². The van der Waals surface area contributed by atoms with E-state index < -0.39 is 11.5 Å². The number of aliphatic carboxylic acids is 1. The van der Waals surface area contributed by atoms with Gasteiger partial charge >= 0.3 is 5.97 Å². The first-order chi connectivity index (χ1) is 8.87. The van der Waals surface area contributed by atoms with E-state index in [1.165, 1.54) is 11.8 Å². The zero-order chi connectivity index (χ0) is 14.2. The van der Waals surface area contributed by atoms with Crippen LogP contribution in [-0.2, 0) is 15.1 Å². The number of carboxylic acids is 1. The van der Waals surface area contributed by atoms with Gasteiger partial charge in [-0.05, 0) is 32.3 Å². The van der Waals surface area contributed by atoms with Crippen LogP contribution < -0.4 is 0 Å². The predicted molar refractivity (Wildman–Crippen MR) is 71.7 cm³/mol. The molecule has 0 radical (unpaired) electrons. The molecule has 1 unspecified atom stereocenters. The van der Waals surface area contributed by atoms with Crippen molar-refractivity contribution in [2.75, 3.05) is 0 Å². The Labute approximate surface area is 113 Å². The lowest BCUT2D eigenvalue weighted by molar-refractivity contribution is -0.159. The highest BCUT2D eigenvalue weighted by atomic mass is 16.4. The molecule has 0 saturated heterocycles. The van der Waals surface area contributed by atoms with Crippen LogP contribution in [-0.4, -0.2) is 27.9 Å². The largest absolute Gasteiger partial charge is 0.479 e. The van der Waals surface area contributed by atoms with Crippen molar-refractivity contribution in [3.63, 3.8) is 0 Å².